The molecule has 106 valence electrons. The van der Waals surface area contributed by atoms with Crippen molar-refractivity contribution in [3.05, 3.63) is 52.0 Å². The number of carbonyl (C=O) groups is 2. The number of hydrogen-bond donors (Lipinski definition) is 0. The zero-order chi connectivity index (χ0) is 15.2. The zero-order valence-electron chi connectivity index (χ0n) is 11.1. The van der Waals surface area contributed by atoms with Crippen LogP contribution in [0.4, 0.5) is 5.82 Å². The van der Waals surface area contributed by atoms with Crippen LogP contribution in [0.25, 0.3) is 16.1 Å². The molecule has 2 rings (SSSR count). The molecule has 0 saturated carbocycles. The summed E-state index contributed by atoms with van der Waals surface area (Å²) in [4.78, 5) is 25.7. The average molecular weight is 285 g/mol. The van der Waals surface area contributed by atoms with Crippen LogP contribution in [0.2, 0.25) is 0 Å². The maximum Gasteiger partial charge on any atom is 0.359 e. The van der Waals surface area contributed by atoms with Crippen LogP contribution in [-0.2, 0) is 4.74 Å². The number of aldehydes is 1. The van der Waals surface area contributed by atoms with Gasteiger partial charge in [0.25, 0.3) is 0 Å². The van der Waals surface area contributed by atoms with E-state index in [1.165, 1.54) is 4.68 Å². The number of ether oxygens (including phenoxy) is 1. The number of benzene rings is 1. The standard InChI is InChI=1S/C13H11N5O3/c1-2-21-13(20)11-10(8-19)12(15-17-14)18(16-11)9-6-4-3-5-7-9/h3-8H,2H2,1H3. The third-order valence-corrected chi connectivity index (χ3v) is 2.62. The number of nitrogens with zero attached hydrogens (tertiary/aromatic N) is 5. The van der Waals surface area contributed by atoms with Gasteiger partial charge in [0, 0.05) is 4.91 Å². The monoisotopic (exact) mass is 285 g/mol. The molecule has 0 amide bonds. The molecular weight excluding hydrogens is 274 g/mol. The average Bonchev–Trinajstić information content (AvgIpc) is 2.87. The van der Waals surface area contributed by atoms with Gasteiger partial charge in [0.1, 0.15) is 5.82 Å². The minimum Gasteiger partial charge on any atom is -0.461 e. The lowest BCUT2D eigenvalue weighted by atomic mass is 10.2. The molecule has 1 heterocycles. The summed E-state index contributed by atoms with van der Waals surface area (Å²) in [7, 11) is 0. The van der Waals surface area contributed by atoms with E-state index in [2.05, 4.69) is 15.1 Å². The molecule has 21 heavy (non-hydrogen) atoms. The summed E-state index contributed by atoms with van der Waals surface area (Å²) in [6.07, 6.45) is 0.419. The van der Waals surface area contributed by atoms with Crippen molar-refractivity contribution in [2.24, 2.45) is 5.11 Å². The number of rotatable bonds is 5. The van der Waals surface area contributed by atoms with E-state index in [0.717, 1.165) is 0 Å². The van der Waals surface area contributed by atoms with Gasteiger partial charge in [-0.3, -0.25) is 4.79 Å². The SMILES string of the molecule is CCOC(=O)c1nn(-c2ccccc2)c(N=[N+]=[N-])c1C=O. The maximum absolute atomic E-state index is 11.8. The fourth-order valence-electron chi connectivity index (χ4n) is 1.77. The van der Waals surface area contributed by atoms with Gasteiger partial charge in [0.05, 0.1) is 17.9 Å². The molecule has 8 nitrogen and oxygen atoms in total. The van der Waals surface area contributed by atoms with Crippen LogP contribution in [0.5, 0.6) is 0 Å². The minimum atomic E-state index is -0.747. The number of aromatic nitrogens is 2. The van der Waals surface area contributed by atoms with E-state index in [9.17, 15) is 9.59 Å². The molecule has 0 aliphatic heterocycles. The fraction of sp³-hybridized carbons (Fsp3) is 0.154. The van der Waals surface area contributed by atoms with Gasteiger partial charge in [-0.15, -0.1) is 0 Å². The Kier molecular flexibility index (Phi) is 4.33. The van der Waals surface area contributed by atoms with Gasteiger partial charge in [-0.1, -0.05) is 18.2 Å². The topological polar surface area (TPSA) is 110 Å². The predicted molar refractivity (Wildman–Crippen MR) is 73.7 cm³/mol. The van der Waals surface area contributed by atoms with Gasteiger partial charge >= 0.3 is 5.97 Å². The number of azide groups is 1. The van der Waals surface area contributed by atoms with Crippen LogP contribution < -0.4 is 0 Å². The molecule has 2 aromatic rings. The van der Waals surface area contributed by atoms with Gasteiger partial charge in [-0.2, -0.15) is 5.10 Å². The second kappa shape index (κ2) is 6.36. The Balaban J connectivity index is 2.68. The van der Waals surface area contributed by atoms with Crippen LogP contribution in [0.3, 0.4) is 0 Å². The lowest BCUT2D eigenvalue weighted by Gasteiger charge is -2.02. The summed E-state index contributed by atoms with van der Waals surface area (Å²) in [5.41, 5.74) is 8.92. The van der Waals surface area contributed by atoms with Crippen molar-refractivity contribution in [2.45, 2.75) is 6.92 Å². The van der Waals surface area contributed by atoms with Gasteiger partial charge < -0.3 is 4.74 Å². The summed E-state index contributed by atoms with van der Waals surface area (Å²) in [6, 6.07) is 8.70. The van der Waals surface area contributed by atoms with Crippen LogP contribution in [0.1, 0.15) is 27.8 Å². The van der Waals surface area contributed by atoms with E-state index >= 15 is 0 Å². The molecular formula is C13H11N5O3. The Morgan fingerprint density at radius 1 is 1.48 bits per heavy atom. The first-order valence-corrected chi connectivity index (χ1v) is 6.08. The van der Waals surface area contributed by atoms with Crippen molar-refractivity contribution >= 4 is 18.1 Å². The predicted octanol–water partition coefficient (Wildman–Crippen LogP) is 2.80. The normalized spacial score (nSPS) is 9.76. The van der Waals surface area contributed by atoms with Crippen molar-refractivity contribution in [1.29, 1.82) is 0 Å². The van der Waals surface area contributed by atoms with Crippen LogP contribution >= 0.6 is 0 Å². The molecule has 0 fully saturated rings. The highest BCUT2D eigenvalue weighted by atomic mass is 16.5. The molecule has 8 heteroatoms. The molecule has 0 N–H and O–H groups in total. The summed E-state index contributed by atoms with van der Waals surface area (Å²) in [5, 5.41) is 7.49. The molecule has 0 atom stereocenters. The number of para-hydroxylation sites is 1. The zero-order valence-corrected chi connectivity index (χ0v) is 11.1. The molecule has 1 aromatic heterocycles. The number of carbonyl (C=O) groups excluding carboxylic acids is 2. The first-order valence-electron chi connectivity index (χ1n) is 6.08. The largest absolute Gasteiger partial charge is 0.461 e. The molecule has 0 aliphatic carbocycles. The third kappa shape index (κ3) is 2.75. The summed E-state index contributed by atoms with van der Waals surface area (Å²) in [5.74, 6) is -0.801. The van der Waals surface area contributed by atoms with E-state index in [1.807, 2.05) is 0 Å². The van der Waals surface area contributed by atoms with Gasteiger partial charge in [0.15, 0.2) is 12.0 Å². The molecule has 0 spiro atoms. The molecule has 0 aliphatic rings. The van der Waals surface area contributed by atoms with Crippen molar-refractivity contribution in [3.63, 3.8) is 0 Å². The van der Waals surface area contributed by atoms with Gasteiger partial charge in [-0.25, -0.2) is 9.48 Å². The van der Waals surface area contributed by atoms with Crippen molar-refractivity contribution in [2.75, 3.05) is 6.61 Å². The maximum atomic E-state index is 11.8. The first kappa shape index (κ1) is 14.3. The van der Waals surface area contributed by atoms with Crippen molar-refractivity contribution < 1.29 is 14.3 Å². The van der Waals surface area contributed by atoms with E-state index < -0.39 is 5.97 Å². The van der Waals surface area contributed by atoms with Crippen molar-refractivity contribution in [1.82, 2.24) is 9.78 Å². The Morgan fingerprint density at radius 3 is 2.76 bits per heavy atom. The van der Waals surface area contributed by atoms with E-state index in [1.54, 1.807) is 37.3 Å². The Hall–Kier alpha value is -3.12. The third-order valence-electron chi connectivity index (χ3n) is 2.62. The molecule has 1 aromatic carbocycles. The molecule has 0 radical (unpaired) electrons. The Labute approximate surface area is 119 Å². The second-order valence-corrected chi connectivity index (χ2v) is 3.86. The van der Waals surface area contributed by atoms with E-state index in [4.69, 9.17) is 10.3 Å². The second-order valence-electron chi connectivity index (χ2n) is 3.86. The van der Waals surface area contributed by atoms with Crippen LogP contribution in [0.15, 0.2) is 35.4 Å². The first-order chi connectivity index (χ1) is 10.2. The fourth-order valence-corrected chi connectivity index (χ4v) is 1.77. The highest BCUT2D eigenvalue weighted by molar-refractivity contribution is 5.99. The quantitative estimate of drug-likeness (QED) is 0.276. The minimum absolute atomic E-state index is 0.0539. The molecule has 0 unspecified atom stereocenters. The van der Waals surface area contributed by atoms with Crippen LogP contribution in [0, 0.1) is 0 Å². The smallest absolute Gasteiger partial charge is 0.359 e. The number of esters is 1. The highest BCUT2D eigenvalue weighted by Gasteiger charge is 2.23. The molecule has 0 saturated heterocycles. The van der Waals surface area contributed by atoms with Gasteiger partial charge in [-0.05, 0) is 29.7 Å². The Bertz CT molecular complexity index is 717. The summed E-state index contributed by atoms with van der Waals surface area (Å²) < 4.78 is 6.08. The van der Waals surface area contributed by atoms with E-state index in [-0.39, 0.29) is 23.7 Å². The van der Waals surface area contributed by atoms with E-state index in [0.29, 0.717) is 12.0 Å². The summed E-state index contributed by atoms with van der Waals surface area (Å²) in [6.45, 7) is 1.78. The Morgan fingerprint density at radius 2 is 2.19 bits per heavy atom. The number of hydrogen-bond acceptors (Lipinski definition) is 5. The summed E-state index contributed by atoms with van der Waals surface area (Å²) >= 11 is 0. The van der Waals surface area contributed by atoms with Crippen molar-refractivity contribution in [3.8, 4) is 5.69 Å². The van der Waals surface area contributed by atoms with Crippen LogP contribution in [-0.4, -0.2) is 28.6 Å². The van der Waals surface area contributed by atoms with Gasteiger partial charge in [0.2, 0.25) is 0 Å². The highest BCUT2D eigenvalue weighted by Crippen LogP contribution is 2.26. The lowest BCUT2D eigenvalue weighted by Crippen LogP contribution is -2.08. The lowest BCUT2D eigenvalue weighted by molar-refractivity contribution is 0.0517. The molecule has 0 bridgehead atoms.